The van der Waals surface area contributed by atoms with Crippen molar-refractivity contribution in [2.45, 2.75) is 13.3 Å². The third-order valence-corrected chi connectivity index (χ3v) is 3.83. The Morgan fingerprint density at radius 3 is 2.28 bits per heavy atom. The first kappa shape index (κ1) is 16.7. The largest absolute Gasteiger partial charge is 0.462 e. The van der Waals surface area contributed by atoms with Crippen LogP contribution in [0.25, 0.3) is 10.8 Å². The van der Waals surface area contributed by atoms with Crippen molar-refractivity contribution in [3.05, 3.63) is 77.9 Å². The van der Waals surface area contributed by atoms with E-state index in [2.05, 4.69) is 5.32 Å². The molecule has 3 rings (SSSR count). The fourth-order valence-electron chi connectivity index (χ4n) is 2.50. The lowest BCUT2D eigenvalue weighted by molar-refractivity contribution is 0.0505. The van der Waals surface area contributed by atoms with Crippen molar-refractivity contribution in [3.63, 3.8) is 0 Å². The minimum atomic E-state index is -0.353. The van der Waals surface area contributed by atoms with E-state index < -0.39 is 0 Å². The molecule has 0 fully saturated rings. The Kier molecular flexibility index (Phi) is 5.09. The summed E-state index contributed by atoms with van der Waals surface area (Å²) in [7, 11) is 0. The van der Waals surface area contributed by atoms with Crippen LogP contribution in [0.2, 0.25) is 0 Å². The first-order valence-corrected chi connectivity index (χ1v) is 8.24. The topological polar surface area (TPSA) is 55.4 Å². The fraction of sp³-hybridized carbons (Fsp3) is 0.143. The molecule has 0 aliphatic heterocycles. The summed E-state index contributed by atoms with van der Waals surface area (Å²) in [4.78, 5) is 24.2. The zero-order valence-corrected chi connectivity index (χ0v) is 14.0. The summed E-state index contributed by atoms with van der Waals surface area (Å²) in [6.07, 6.45) is 0.783. The van der Waals surface area contributed by atoms with Crippen molar-refractivity contribution >= 4 is 28.3 Å². The van der Waals surface area contributed by atoms with Crippen LogP contribution in [0.4, 0.5) is 5.69 Å². The summed E-state index contributed by atoms with van der Waals surface area (Å²) >= 11 is 0. The van der Waals surface area contributed by atoms with E-state index in [9.17, 15) is 9.59 Å². The van der Waals surface area contributed by atoms with Gasteiger partial charge in [-0.05, 0) is 53.6 Å². The molecule has 0 bridgehead atoms. The van der Waals surface area contributed by atoms with Crippen LogP contribution in [-0.4, -0.2) is 18.5 Å². The zero-order chi connectivity index (χ0) is 17.6. The summed E-state index contributed by atoms with van der Waals surface area (Å²) in [6.45, 7) is 2.35. The van der Waals surface area contributed by atoms with Crippen LogP contribution >= 0.6 is 0 Å². The average Bonchev–Trinajstić information content (AvgIpc) is 2.66. The highest BCUT2D eigenvalue weighted by molar-refractivity contribution is 6.06. The van der Waals surface area contributed by atoms with Crippen molar-refractivity contribution in [2.24, 2.45) is 0 Å². The zero-order valence-electron chi connectivity index (χ0n) is 14.0. The van der Waals surface area contributed by atoms with Gasteiger partial charge < -0.3 is 10.1 Å². The van der Waals surface area contributed by atoms with E-state index in [0.717, 1.165) is 17.2 Å². The maximum Gasteiger partial charge on any atom is 0.338 e. The van der Waals surface area contributed by atoms with Crippen LogP contribution in [0, 0.1) is 0 Å². The van der Waals surface area contributed by atoms with Gasteiger partial charge in [0.05, 0.1) is 12.2 Å². The molecule has 3 aromatic rings. The summed E-state index contributed by atoms with van der Waals surface area (Å²) in [5, 5.41) is 4.95. The van der Waals surface area contributed by atoms with Crippen LogP contribution in [0.15, 0.2) is 66.7 Å². The Morgan fingerprint density at radius 1 is 0.880 bits per heavy atom. The predicted molar refractivity (Wildman–Crippen MR) is 98.9 cm³/mol. The molecule has 4 nitrogen and oxygen atoms in total. The van der Waals surface area contributed by atoms with Crippen molar-refractivity contribution in [3.8, 4) is 0 Å². The number of ether oxygens (including phenoxy) is 1. The molecule has 4 heteroatoms. The fourth-order valence-corrected chi connectivity index (χ4v) is 2.50. The molecule has 0 radical (unpaired) electrons. The van der Waals surface area contributed by atoms with Gasteiger partial charge in [-0.1, -0.05) is 37.3 Å². The first-order valence-electron chi connectivity index (χ1n) is 8.24. The second-order valence-corrected chi connectivity index (χ2v) is 5.73. The third kappa shape index (κ3) is 4.04. The number of fused-ring (bicyclic) bond motifs is 1. The van der Waals surface area contributed by atoms with Crippen molar-refractivity contribution in [1.29, 1.82) is 0 Å². The van der Waals surface area contributed by atoms with E-state index in [4.69, 9.17) is 4.74 Å². The normalized spacial score (nSPS) is 10.4. The number of carbonyl (C=O) groups excluding carboxylic acids is 2. The van der Waals surface area contributed by atoms with Gasteiger partial charge in [-0.15, -0.1) is 0 Å². The summed E-state index contributed by atoms with van der Waals surface area (Å²) in [5.41, 5.74) is 1.69. The molecule has 1 N–H and O–H groups in total. The van der Waals surface area contributed by atoms with Gasteiger partial charge in [0.25, 0.3) is 5.91 Å². The number of hydrogen-bond acceptors (Lipinski definition) is 3. The molecule has 3 aromatic carbocycles. The van der Waals surface area contributed by atoms with Gasteiger partial charge in [0.2, 0.25) is 0 Å². The number of hydrogen-bond donors (Lipinski definition) is 1. The number of nitrogens with one attached hydrogen (secondary N) is 1. The molecule has 1 amide bonds. The van der Waals surface area contributed by atoms with Crippen LogP contribution in [0.5, 0.6) is 0 Å². The Balaban J connectivity index is 1.70. The highest BCUT2D eigenvalue weighted by atomic mass is 16.5. The Labute approximate surface area is 146 Å². The highest BCUT2D eigenvalue weighted by Crippen LogP contribution is 2.17. The van der Waals surface area contributed by atoms with E-state index in [0.29, 0.717) is 23.4 Å². The number of carbonyl (C=O) groups is 2. The molecule has 25 heavy (non-hydrogen) atoms. The van der Waals surface area contributed by atoms with E-state index in [1.54, 1.807) is 30.3 Å². The van der Waals surface area contributed by atoms with Crippen LogP contribution in [0.1, 0.15) is 34.1 Å². The van der Waals surface area contributed by atoms with Gasteiger partial charge in [-0.3, -0.25) is 4.79 Å². The summed E-state index contributed by atoms with van der Waals surface area (Å²) in [6, 6.07) is 20.2. The first-order chi connectivity index (χ1) is 12.2. The molecule has 126 valence electrons. The van der Waals surface area contributed by atoms with Crippen LogP contribution < -0.4 is 5.32 Å². The van der Waals surface area contributed by atoms with Gasteiger partial charge in [0.15, 0.2) is 0 Å². The lowest BCUT2D eigenvalue weighted by Gasteiger charge is -2.08. The van der Waals surface area contributed by atoms with Crippen molar-refractivity contribution < 1.29 is 14.3 Å². The monoisotopic (exact) mass is 333 g/mol. The number of esters is 1. The van der Waals surface area contributed by atoms with Crippen molar-refractivity contribution in [1.82, 2.24) is 0 Å². The van der Waals surface area contributed by atoms with Crippen LogP contribution in [-0.2, 0) is 4.74 Å². The third-order valence-electron chi connectivity index (χ3n) is 3.83. The average molecular weight is 333 g/mol. The smallest absolute Gasteiger partial charge is 0.338 e. The maximum absolute atomic E-state index is 12.4. The maximum atomic E-state index is 12.4. The second-order valence-electron chi connectivity index (χ2n) is 5.73. The summed E-state index contributed by atoms with van der Waals surface area (Å²) < 4.78 is 5.08. The highest BCUT2D eigenvalue weighted by Gasteiger charge is 2.09. The number of benzene rings is 3. The van der Waals surface area contributed by atoms with Gasteiger partial charge in [-0.25, -0.2) is 4.79 Å². The van der Waals surface area contributed by atoms with Crippen molar-refractivity contribution in [2.75, 3.05) is 11.9 Å². The second kappa shape index (κ2) is 7.62. The standard InChI is InChI=1S/C21H19NO3/c1-2-13-25-21(24)16-9-11-19(12-10-16)22-20(23)18-8-7-15-5-3-4-6-17(15)14-18/h3-12,14H,2,13H2,1H3,(H,22,23). The molecule has 0 heterocycles. The molecule has 0 aliphatic carbocycles. The van der Waals surface area contributed by atoms with Gasteiger partial charge in [-0.2, -0.15) is 0 Å². The molecule has 0 atom stereocenters. The van der Waals surface area contributed by atoms with Gasteiger partial charge in [0.1, 0.15) is 0 Å². The van der Waals surface area contributed by atoms with Gasteiger partial charge in [0, 0.05) is 11.3 Å². The molecule has 0 saturated heterocycles. The predicted octanol–water partition coefficient (Wildman–Crippen LogP) is 4.66. The minimum absolute atomic E-state index is 0.188. The molecule has 0 unspecified atom stereocenters. The lowest BCUT2D eigenvalue weighted by atomic mass is 10.1. The SMILES string of the molecule is CCCOC(=O)c1ccc(NC(=O)c2ccc3ccccc3c2)cc1. The number of amides is 1. The molecule has 0 saturated carbocycles. The molecule has 0 aromatic heterocycles. The Morgan fingerprint density at radius 2 is 1.56 bits per heavy atom. The lowest BCUT2D eigenvalue weighted by Crippen LogP contribution is -2.12. The van der Waals surface area contributed by atoms with E-state index >= 15 is 0 Å². The van der Waals surface area contributed by atoms with Crippen LogP contribution in [0.3, 0.4) is 0 Å². The molecular weight excluding hydrogens is 314 g/mol. The number of rotatable bonds is 5. The van der Waals surface area contributed by atoms with Gasteiger partial charge >= 0.3 is 5.97 Å². The van der Waals surface area contributed by atoms with E-state index in [1.807, 2.05) is 43.3 Å². The minimum Gasteiger partial charge on any atom is -0.462 e. The summed E-state index contributed by atoms with van der Waals surface area (Å²) in [5.74, 6) is -0.540. The Hall–Kier alpha value is -3.14. The number of anilines is 1. The van der Waals surface area contributed by atoms with E-state index in [-0.39, 0.29) is 11.9 Å². The molecule has 0 aliphatic rings. The molecule has 0 spiro atoms. The Bertz CT molecular complexity index is 900. The quantitative estimate of drug-likeness (QED) is 0.691. The molecular formula is C21H19NO3. The van der Waals surface area contributed by atoms with E-state index in [1.165, 1.54) is 0 Å².